The van der Waals surface area contributed by atoms with Crippen molar-refractivity contribution in [1.82, 2.24) is 10.2 Å². The van der Waals surface area contributed by atoms with Crippen LogP contribution in [0.2, 0.25) is 5.02 Å². The molecule has 132 valence electrons. The second-order valence-electron chi connectivity index (χ2n) is 5.29. The molecule has 0 aliphatic heterocycles. The average Bonchev–Trinajstić information content (AvgIpc) is 3.08. The number of nitro benzene ring substituents is 1. The molecule has 2 aromatic carbocycles. The van der Waals surface area contributed by atoms with Gasteiger partial charge in [-0.05, 0) is 25.1 Å². The van der Waals surface area contributed by atoms with Gasteiger partial charge in [-0.1, -0.05) is 35.9 Å². The molecular formula is C17H12ClN3O5. The summed E-state index contributed by atoms with van der Waals surface area (Å²) in [6.45, 7) is 1.23. The Kier molecular flexibility index (Phi) is 4.94. The van der Waals surface area contributed by atoms with Crippen molar-refractivity contribution >= 4 is 23.3 Å². The minimum Gasteiger partial charge on any atom is -0.452 e. The molecular weight excluding hydrogens is 362 g/mol. The standard InChI is InChI=1S/C17H12ClN3O5/c1-10-5-4-7-12(15(10)21(23)24)17(22)25-9-14-19-20-16(26-14)11-6-2-3-8-13(11)18/h2-8H,9H2,1H3. The third kappa shape index (κ3) is 3.55. The van der Waals surface area contributed by atoms with E-state index in [0.29, 0.717) is 16.1 Å². The summed E-state index contributed by atoms with van der Waals surface area (Å²) in [5, 5.41) is 19.2. The van der Waals surface area contributed by atoms with Crippen molar-refractivity contribution in [1.29, 1.82) is 0 Å². The number of hydrogen-bond donors (Lipinski definition) is 0. The molecule has 0 saturated carbocycles. The van der Waals surface area contributed by atoms with Gasteiger partial charge in [-0.3, -0.25) is 10.1 Å². The number of para-hydroxylation sites is 1. The molecule has 1 heterocycles. The van der Waals surface area contributed by atoms with E-state index in [4.69, 9.17) is 20.8 Å². The molecule has 0 aliphatic rings. The molecule has 3 aromatic rings. The van der Waals surface area contributed by atoms with E-state index in [-0.39, 0.29) is 29.6 Å². The van der Waals surface area contributed by atoms with Crippen molar-refractivity contribution in [3.8, 4) is 11.5 Å². The first-order chi connectivity index (χ1) is 12.5. The summed E-state index contributed by atoms with van der Waals surface area (Å²) in [5.74, 6) is -0.621. The zero-order valence-corrected chi connectivity index (χ0v) is 14.3. The highest BCUT2D eigenvalue weighted by molar-refractivity contribution is 6.33. The Labute approximate surface area is 152 Å². The molecule has 26 heavy (non-hydrogen) atoms. The number of aryl methyl sites for hydroxylation is 1. The minimum atomic E-state index is -0.849. The maximum absolute atomic E-state index is 12.2. The van der Waals surface area contributed by atoms with Crippen LogP contribution in [0.1, 0.15) is 21.8 Å². The lowest BCUT2D eigenvalue weighted by atomic mass is 10.1. The van der Waals surface area contributed by atoms with Crippen molar-refractivity contribution in [3.05, 3.63) is 74.6 Å². The fraction of sp³-hybridized carbons (Fsp3) is 0.118. The monoisotopic (exact) mass is 373 g/mol. The highest BCUT2D eigenvalue weighted by atomic mass is 35.5. The van der Waals surface area contributed by atoms with Crippen LogP contribution in [0.25, 0.3) is 11.5 Å². The normalized spacial score (nSPS) is 10.5. The molecule has 0 fully saturated rings. The van der Waals surface area contributed by atoms with Gasteiger partial charge in [0.2, 0.25) is 5.89 Å². The smallest absolute Gasteiger partial charge is 0.345 e. The number of ether oxygens (including phenoxy) is 1. The summed E-state index contributed by atoms with van der Waals surface area (Å²) in [6, 6.07) is 11.3. The van der Waals surface area contributed by atoms with E-state index in [1.54, 1.807) is 43.3 Å². The number of rotatable bonds is 5. The van der Waals surface area contributed by atoms with Gasteiger partial charge in [-0.2, -0.15) is 0 Å². The van der Waals surface area contributed by atoms with Crippen LogP contribution in [0.5, 0.6) is 0 Å². The third-order valence-electron chi connectivity index (χ3n) is 3.54. The molecule has 8 nitrogen and oxygen atoms in total. The number of benzene rings is 2. The van der Waals surface area contributed by atoms with Gasteiger partial charge in [0.05, 0.1) is 15.5 Å². The van der Waals surface area contributed by atoms with E-state index in [9.17, 15) is 14.9 Å². The van der Waals surface area contributed by atoms with Crippen molar-refractivity contribution in [2.24, 2.45) is 0 Å². The van der Waals surface area contributed by atoms with E-state index < -0.39 is 10.9 Å². The molecule has 0 bridgehead atoms. The lowest BCUT2D eigenvalue weighted by Crippen LogP contribution is -2.09. The number of aromatic nitrogens is 2. The van der Waals surface area contributed by atoms with Gasteiger partial charge in [-0.25, -0.2) is 4.79 Å². The predicted octanol–water partition coefficient (Wildman–Crippen LogP) is 3.96. The van der Waals surface area contributed by atoms with Crippen LogP contribution < -0.4 is 0 Å². The van der Waals surface area contributed by atoms with Crippen molar-refractivity contribution < 1.29 is 18.9 Å². The molecule has 0 atom stereocenters. The van der Waals surface area contributed by atoms with Gasteiger partial charge in [0.15, 0.2) is 6.61 Å². The van der Waals surface area contributed by atoms with Gasteiger partial charge in [-0.15, -0.1) is 10.2 Å². The number of halogens is 1. The Morgan fingerprint density at radius 1 is 1.23 bits per heavy atom. The van der Waals surface area contributed by atoms with E-state index in [0.717, 1.165) is 0 Å². The number of nitrogens with zero attached hydrogens (tertiary/aromatic N) is 3. The number of nitro groups is 1. The number of esters is 1. The minimum absolute atomic E-state index is 0.0450. The molecule has 0 radical (unpaired) electrons. The van der Waals surface area contributed by atoms with E-state index in [1.165, 1.54) is 6.07 Å². The molecule has 0 saturated heterocycles. The molecule has 0 unspecified atom stereocenters. The topological polar surface area (TPSA) is 108 Å². The first kappa shape index (κ1) is 17.6. The van der Waals surface area contributed by atoms with Crippen LogP contribution in [-0.4, -0.2) is 21.1 Å². The fourth-order valence-corrected chi connectivity index (χ4v) is 2.54. The highest BCUT2D eigenvalue weighted by Gasteiger charge is 2.24. The van der Waals surface area contributed by atoms with Crippen LogP contribution in [-0.2, 0) is 11.3 Å². The summed E-state index contributed by atoms with van der Waals surface area (Å²) >= 11 is 6.06. The highest BCUT2D eigenvalue weighted by Crippen LogP contribution is 2.27. The second kappa shape index (κ2) is 7.32. The molecule has 0 spiro atoms. The fourth-order valence-electron chi connectivity index (χ4n) is 2.33. The quantitative estimate of drug-likeness (QED) is 0.378. The summed E-state index contributed by atoms with van der Waals surface area (Å²) < 4.78 is 10.5. The lowest BCUT2D eigenvalue weighted by Gasteiger charge is -2.05. The van der Waals surface area contributed by atoms with Gasteiger partial charge in [0, 0.05) is 5.56 Å². The maximum Gasteiger partial charge on any atom is 0.345 e. The zero-order chi connectivity index (χ0) is 18.7. The van der Waals surface area contributed by atoms with Crippen molar-refractivity contribution in [3.63, 3.8) is 0 Å². The summed E-state index contributed by atoms with van der Waals surface area (Å²) in [7, 11) is 0. The third-order valence-corrected chi connectivity index (χ3v) is 3.87. The molecule has 0 aliphatic carbocycles. The van der Waals surface area contributed by atoms with Gasteiger partial charge >= 0.3 is 5.97 Å². The van der Waals surface area contributed by atoms with Crippen LogP contribution >= 0.6 is 11.6 Å². The maximum atomic E-state index is 12.2. The number of carbonyl (C=O) groups is 1. The Hall–Kier alpha value is -3.26. The lowest BCUT2D eigenvalue weighted by molar-refractivity contribution is -0.385. The van der Waals surface area contributed by atoms with E-state index in [1.807, 2.05) is 0 Å². The van der Waals surface area contributed by atoms with Gasteiger partial charge in [0.25, 0.3) is 11.6 Å². The zero-order valence-electron chi connectivity index (χ0n) is 13.5. The Bertz CT molecular complexity index is 986. The number of hydrogen-bond acceptors (Lipinski definition) is 7. The van der Waals surface area contributed by atoms with E-state index >= 15 is 0 Å². The average molecular weight is 374 g/mol. The predicted molar refractivity (Wildman–Crippen MR) is 91.7 cm³/mol. The summed E-state index contributed by atoms with van der Waals surface area (Å²) in [5.41, 5.74) is 0.484. The van der Waals surface area contributed by atoms with E-state index in [2.05, 4.69) is 10.2 Å². The van der Waals surface area contributed by atoms with Gasteiger partial charge < -0.3 is 9.15 Å². The largest absolute Gasteiger partial charge is 0.452 e. The van der Waals surface area contributed by atoms with Crippen LogP contribution in [0.3, 0.4) is 0 Å². The van der Waals surface area contributed by atoms with Crippen molar-refractivity contribution in [2.75, 3.05) is 0 Å². The van der Waals surface area contributed by atoms with Crippen LogP contribution in [0, 0.1) is 17.0 Å². The molecule has 1 aromatic heterocycles. The Balaban J connectivity index is 1.75. The van der Waals surface area contributed by atoms with Crippen molar-refractivity contribution in [2.45, 2.75) is 13.5 Å². The molecule has 0 amide bonds. The summed E-state index contributed by atoms with van der Waals surface area (Å²) in [4.78, 5) is 22.7. The molecule has 0 N–H and O–H groups in total. The SMILES string of the molecule is Cc1cccc(C(=O)OCc2nnc(-c3ccccc3Cl)o2)c1[N+](=O)[O-]. The first-order valence-corrected chi connectivity index (χ1v) is 7.83. The number of carbonyl (C=O) groups excluding carboxylic acids is 1. The van der Waals surface area contributed by atoms with Gasteiger partial charge in [0.1, 0.15) is 5.56 Å². The summed E-state index contributed by atoms with van der Waals surface area (Å²) in [6.07, 6.45) is 0. The Morgan fingerprint density at radius 2 is 2.00 bits per heavy atom. The molecule has 9 heteroatoms. The molecule has 3 rings (SSSR count). The second-order valence-corrected chi connectivity index (χ2v) is 5.69. The van der Waals surface area contributed by atoms with Crippen LogP contribution in [0.15, 0.2) is 46.9 Å². The Morgan fingerprint density at radius 3 is 2.73 bits per heavy atom. The first-order valence-electron chi connectivity index (χ1n) is 7.46. The van der Waals surface area contributed by atoms with Crippen LogP contribution in [0.4, 0.5) is 5.69 Å².